The number of halogens is 1. The lowest BCUT2D eigenvalue weighted by Gasteiger charge is -2.20. The van der Waals surface area contributed by atoms with Gasteiger partial charge in [0.15, 0.2) is 9.84 Å². The van der Waals surface area contributed by atoms with Crippen molar-refractivity contribution in [3.8, 4) is 22.7 Å². The van der Waals surface area contributed by atoms with E-state index in [0.29, 0.717) is 39.3 Å². The fourth-order valence-corrected chi connectivity index (χ4v) is 7.89. The van der Waals surface area contributed by atoms with E-state index in [1.165, 1.54) is 28.8 Å². The Morgan fingerprint density at radius 2 is 1.78 bits per heavy atom. The summed E-state index contributed by atoms with van der Waals surface area (Å²) in [5, 5.41) is 4.83. The molecule has 0 saturated carbocycles. The van der Waals surface area contributed by atoms with Gasteiger partial charge in [0.25, 0.3) is 5.91 Å². The molecule has 0 spiro atoms. The summed E-state index contributed by atoms with van der Waals surface area (Å²) in [5.41, 5.74) is 3.90. The highest BCUT2D eigenvalue weighted by atomic mass is 32.2. The Kier molecular flexibility index (Phi) is 7.50. The van der Waals surface area contributed by atoms with Gasteiger partial charge in [0.05, 0.1) is 33.8 Å². The number of carbonyl (C=O) groups excluding carboxylic acids is 1. The molecule has 3 aromatic carbocycles. The Labute approximate surface area is 246 Å². The van der Waals surface area contributed by atoms with Gasteiger partial charge in [-0.05, 0) is 66.6 Å². The van der Waals surface area contributed by atoms with Crippen LogP contribution in [0, 0.1) is 5.82 Å². The predicted octanol–water partition coefficient (Wildman–Crippen LogP) is 5.65. The number of thiocarbonyl (C=S) groups is 1. The van der Waals surface area contributed by atoms with Crippen LogP contribution in [0.25, 0.3) is 23.0 Å². The molecular formula is C30H24FN3O4S3. The first kappa shape index (κ1) is 27.4. The molecule has 0 unspecified atom stereocenters. The zero-order valence-electron chi connectivity index (χ0n) is 21.6. The molecule has 41 heavy (non-hydrogen) atoms. The maximum absolute atomic E-state index is 13.4. The Hall–Kier alpha value is -3.80. The number of rotatable bonds is 7. The molecule has 0 bridgehead atoms. The maximum Gasteiger partial charge on any atom is 0.266 e. The van der Waals surface area contributed by atoms with E-state index in [1.54, 1.807) is 22.9 Å². The molecule has 7 nitrogen and oxygen atoms in total. The third-order valence-corrected chi connectivity index (χ3v) is 9.97. The fourth-order valence-electron chi connectivity index (χ4n) is 4.80. The monoisotopic (exact) mass is 605 g/mol. The van der Waals surface area contributed by atoms with Crippen molar-refractivity contribution in [2.75, 3.05) is 11.5 Å². The highest BCUT2D eigenvalue weighted by molar-refractivity contribution is 8.26. The number of nitrogens with zero attached hydrogens (tertiary/aromatic N) is 3. The van der Waals surface area contributed by atoms with E-state index in [9.17, 15) is 17.6 Å². The van der Waals surface area contributed by atoms with Crippen LogP contribution >= 0.6 is 24.0 Å². The SMILES string of the molecule is O=C1/C(=C/c2cn(-c3ccccc3)nc2-c2ccc(OCc3ccc(F)cc3)cc2)SC(=S)N1[C@@H]1CCS(=O)(=O)C1. The number of sulfone groups is 1. The zero-order chi connectivity index (χ0) is 28.6. The molecular weight excluding hydrogens is 582 g/mol. The number of benzene rings is 3. The first-order chi connectivity index (χ1) is 19.8. The number of amides is 1. The molecule has 208 valence electrons. The molecule has 0 aliphatic carbocycles. The molecule has 2 aliphatic heterocycles. The number of hydrogen-bond donors (Lipinski definition) is 0. The van der Waals surface area contributed by atoms with Gasteiger partial charge >= 0.3 is 0 Å². The van der Waals surface area contributed by atoms with Crippen molar-refractivity contribution >= 4 is 50.1 Å². The van der Waals surface area contributed by atoms with Gasteiger partial charge in [0, 0.05) is 17.3 Å². The highest BCUT2D eigenvalue weighted by Crippen LogP contribution is 2.38. The summed E-state index contributed by atoms with van der Waals surface area (Å²) in [7, 11) is -3.17. The van der Waals surface area contributed by atoms with Crippen LogP contribution in [0.3, 0.4) is 0 Å². The number of para-hydroxylation sites is 1. The van der Waals surface area contributed by atoms with Crippen molar-refractivity contribution in [3.63, 3.8) is 0 Å². The molecule has 4 aromatic rings. The first-order valence-corrected chi connectivity index (χ1v) is 15.9. The van der Waals surface area contributed by atoms with Gasteiger partial charge in [-0.1, -0.05) is 54.3 Å². The molecule has 3 heterocycles. The van der Waals surface area contributed by atoms with Gasteiger partial charge in [-0.2, -0.15) is 5.10 Å². The smallest absolute Gasteiger partial charge is 0.266 e. The van der Waals surface area contributed by atoms with Gasteiger partial charge in [0.1, 0.15) is 22.5 Å². The van der Waals surface area contributed by atoms with Gasteiger partial charge in [-0.25, -0.2) is 17.5 Å². The van der Waals surface area contributed by atoms with Crippen LogP contribution in [-0.4, -0.2) is 50.9 Å². The van der Waals surface area contributed by atoms with Gasteiger partial charge in [-0.15, -0.1) is 0 Å². The Balaban J connectivity index is 1.29. The second-order valence-electron chi connectivity index (χ2n) is 9.76. The summed E-state index contributed by atoms with van der Waals surface area (Å²) in [6.07, 6.45) is 4.01. The molecule has 2 fully saturated rings. The topological polar surface area (TPSA) is 81.5 Å². The van der Waals surface area contributed by atoms with E-state index in [4.69, 9.17) is 22.1 Å². The quantitative estimate of drug-likeness (QED) is 0.199. The van der Waals surface area contributed by atoms with E-state index in [0.717, 1.165) is 16.8 Å². The zero-order valence-corrected chi connectivity index (χ0v) is 24.1. The normalized spacial score (nSPS) is 19.3. The molecule has 1 amide bonds. The van der Waals surface area contributed by atoms with Crippen molar-refractivity contribution in [1.82, 2.24) is 14.7 Å². The van der Waals surface area contributed by atoms with Crippen LogP contribution in [-0.2, 0) is 21.2 Å². The van der Waals surface area contributed by atoms with E-state index in [-0.39, 0.29) is 23.2 Å². The lowest BCUT2D eigenvalue weighted by molar-refractivity contribution is -0.123. The minimum Gasteiger partial charge on any atom is -0.489 e. The minimum absolute atomic E-state index is 0.0609. The second-order valence-corrected chi connectivity index (χ2v) is 13.7. The minimum atomic E-state index is -3.17. The van der Waals surface area contributed by atoms with Crippen LogP contribution in [0.1, 0.15) is 17.5 Å². The lowest BCUT2D eigenvalue weighted by atomic mass is 10.1. The van der Waals surface area contributed by atoms with E-state index in [1.807, 2.05) is 60.8 Å². The molecule has 2 saturated heterocycles. The summed E-state index contributed by atoms with van der Waals surface area (Å²) >= 11 is 6.66. The predicted molar refractivity (Wildman–Crippen MR) is 162 cm³/mol. The molecule has 11 heteroatoms. The molecule has 2 aliphatic rings. The van der Waals surface area contributed by atoms with Crippen LogP contribution < -0.4 is 4.74 Å². The number of thioether (sulfide) groups is 1. The van der Waals surface area contributed by atoms with Crippen LogP contribution in [0.15, 0.2) is 90.0 Å². The summed E-state index contributed by atoms with van der Waals surface area (Å²) in [6.45, 7) is 0.303. The summed E-state index contributed by atoms with van der Waals surface area (Å²) in [4.78, 5) is 15.3. The van der Waals surface area contributed by atoms with Crippen molar-refractivity contribution in [1.29, 1.82) is 0 Å². The van der Waals surface area contributed by atoms with Gasteiger partial charge in [0.2, 0.25) is 0 Å². The number of carbonyl (C=O) groups is 1. The van der Waals surface area contributed by atoms with Crippen LogP contribution in [0.5, 0.6) is 5.75 Å². The molecule has 1 aromatic heterocycles. The maximum atomic E-state index is 13.4. The number of hydrogen-bond acceptors (Lipinski definition) is 7. The lowest BCUT2D eigenvalue weighted by Crippen LogP contribution is -2.39. The standard InChI is InChI=1S/C30H24FN3O4S3/c31-23-10-6-20(7-11-23)18-38-26-12-8-21(9-13-26)28-22(17-33(32-28)24-4-2-1-3-5-24)16-27-29(35)34(30(39)40-27)25-14-15-41(36,37)19-25/h1-13,16-17,25H,14-15,18-19H2/b27-16-/t25-/m1/s1. The van der Waals surface area contributed by atoms with Crippen molar-refractivity contribution in [3.05, 3.63) is 107 Å². The average molecular weight is 606 g/mol. The number of ether oxygens (including phenoxy) is 1. The third kappa shape index (κ3) is 5.97. The average Bonchev–Trinajstić information content (AvgIpc) is 3.63. The van der Waals surface area contributed by atoms with Crippen molar-refractivity contribution in [2.45, 2.75) is 19.1 Å². The largest absolute Gasteiger partial charge is 0.489 e. The fraction of sp³-hybridized carbons (Fsp3) is 0.167. The van der Waals surface area contributed by atoms with Crippen LogP contribution in [0.4, 0.5) is 4.39 Å². The van der Waals surface area contributed by atoms with Crippen LogP contribution in [0.2, 0.25) is 0 Å². The van der Waals surface area contributed by atoms with Gasteiger partial charge in [-0.3, -0.25) is 9.69 Å². The van der Waals surface area contributed by atoms with Gasteiger partial charge < -0.3 is 4.74 Å². The van der Waals surface area contributed by atoms with Crippen molar-refractivity contribution < 1.29 is 22.3 Å². The van der Waals surface area contributed by atoms with Crippen molar-refractivity contribution in [2.24, 2.45) is 0 Å². The van der Waals surface area contributed by atoms with E-state index >= 15 is 0 Å². The second kappa shape index (κ2) is 11.2. The highest BCUT2D eigenvalue weighted by Gasteiger charge is 2.42. The van der Waals surface area contributed by atoms with E-state index < -0.39 is 15.9 Å². The molecule has 0 N–H and O–H groups in total. The third-order valence-electron chi connectivity index (χ3n) is 6.89. The molecule has 1 atom stereocenters. The summed E-state index contributed by atoms with van der Waals surface area (Å²) in [6, 6.07) is 22.8. The summed E-state index contributed by atoms with van der Waals surface area (Å²) < 4.78 is 45.2. The number of aromatic nitrogens is 2. The summed E-state index contributed by atoms with van der Waals surface area (Å²) in [5.74, 6) is 0.0577. The van der Waals surface area contributed by atoms with E-state index in [2.05, 4.69) is 0 Å². The Morgan fingerprint density at radius 3 is 2.46 bits per heavy atom. The Morgan fingerprint density at radius 1 is 1.05 bits per heavy atom. The Bertz CT molecular complexity index is 1750. The molecule has 6 rings (SSSR count). The first-order valence-electron chi connectivity index (χ1n) is 12.9. The molecule has 0 radical (unpaired) electrons.